The molecule has 0 unspecified atom stereocenters. The quantitative estimate of drug-likeness (QED) is 0.235. The molecule has 2 amide bonds. The average molecular weight is 460 g/mol. The van der Waals surface area contributed by atoms with Crippen molar-refractivity contribution >= 4 is 34.8 Å². The molecule has 0 spiro atoms. The van der Waals surface area contributed by atoms with E-state index in [-0.39, 0.29) is 23.0 Å². The van der Waals surface area contributed by atoms with Crippen molar-refractivity contribution in [2.75, 3.05) is 16.0 Å². The van der Waals surface area contributed by atoms with E-state index in [1.165, 1.54) is 24.3 Å². The molecule has 3 aromatic carbocycles. The van der Waals surface area contributed by atoms with E-state index in [1.807, 2.05) is 0 Å². The number of aromatic hydroxyl groups is 1. The number of primary amides is 1. The lowest BCUT2D eigenvalue weighted by molar-refractivity contribution is 0.0999. The van der Waals surface area contributed by atoms with Gasteiger partial charge in [-0.1, -0.05) is 12.1 Å². The van der Waals surface area contributed by atoms with Crippen molar-refractivity contribution < 1.29 is 19.1 Å². The molecule has 10 heteroatoms. The van der Waals surface area contributed by atoms with Gasteiger partial charge in [-0.25, -0.2) is 4.39 Å². The van der Waals surface area contributed by atoms with E-state index < -0.39 is 11.7 Å². The molecule has 9 nitrogen and oxygen atoms in total. The molecule has 0 saturated heterocycles. The van der Waals surface area contributed by atoms with E-state index in [0.29, 0.717) is 29.3 Å². The fourth-order valence-corrected chi connectivity index (χ4v) is 3.18. The van der Waals surface area contributed by atoms with Crippen LogP contribution in [0.4, 0.5) is 27.4 Å². The van der Waals surface area contributed by atoms with Crippen LogP contribution in [0.25, 0.3) is 0 Å². The molecule has 1 aromatic heterocycles. The van der Waals surface area contributed by atoms with Gasteiger partial charge in [-0.2, -0.15) is 5.10 Å². The second-order valence-electron chi connectivity index (χ2n) is 7.37. The number of anilines is 4. The van der Waals surface area contributed by atoms with Crippen molar-refractivity contribution in [2.24, 2.45) is 5.73 Å². The maximum atomic E-state index is 13.0. The first-order valence-corrected chi connectivity index (χ1v) is 10.2. The van der Waals surface area contributed by atoms with Crippen LogP contribution in [-0.4, -0.2) is 27.1 Å². The first-order valence-electron chi connectivity index (χ1n) is 10.2. The van der Waals surface area contributed by atoms with Gasteiger partial charge in [-0.3, -0.25) is 14.7 Å². The Balaban J connectivity index is 1.42. The highest BCUT2D eigenvalue weighted by molar-refractivity contribution is 6.04. The summed E-state index contributed by atoms with van der Waals surface area (Å²) in [5, 5.41) is 25.1. The summed E-state index contributed by atoms with van der Waals surface area (Å²) in [6.45, 7) is 0.380. The number of phenolic OH excluding ortho intramolecular Hbond substituents is 1. The monoisotopic (exact) mass is 460 g/mol. The van der Waals surface area contributed by atoms with Crippen LogP contribution in [0.15, 0.2) is 72.8 Å². The molecule has 34 heavy (non-hydrogen) atoms. The average Bonchev–Trinajstić information content (AvgIpc) is 3.23. The summed E-state index contributed by atoms with van der Waals surface area (Å²) in [7, 11) is 0. The van der Waals surface area contributed by atoms with Gasteiger partial charge in [-0.05, 0) is 66.2 Å². The van der Waals surface area contributed by atoms with Gasteiger partial charge in [0.2, 0.25) is 0 Å². The Morgan fingerprint density at radius 1 is 0.941 bits per heavy atom. The van der Waals surface area contributed by atoms with Crippen molar-refractivity contribution in [1.29, 1.82) is 0 Å². The lowest BCUT2D eigenvalue weighted by atomic mass is 10.2. The topological polar surface area (TPSA) is 145 Å². The highest BCUT2D eigenvalue weighted by atomic mass is 19.1. The molecule has 0 saturated carbocycles. The molecular weight excluding hydrogens is 439 g/mol. The van der Waals surface area contributed by atoms with E-state index in [4.69, 9.17) is 5.73 Å². The first-order chi connectivity index (χ1) is 16.4. The van der Waals surface area contributed by atoms with Gasteiger partial charge in [0, 0.05) is 23.5 Å². The zero-order valence-corrected chi connectivity index (χ0v) is 17.8. The van der Waals surface area contributed by atoms with E-state index >= 15 is 0 Å². The number of nitrogens with zero attached hydrogens (tertiary/aromatic N) is 1. The minimum absolute atomic E-state index is 0.160. The smallest absolute Gasteiger partial charge is 0.256 e. The summed E-state index contributed by atoms with van der Waals surface area (Å²) in [4.78, 5) is 24.3. The number of halogens is 1. The van der Waals surface area contributed by atoms with Gasteiger partial charge in [-0.15, -0.1) is 0 Å². The minimum Gasteiger partial charge on any atom is -0.508 e. The Morgan fingerprint density at radius 2 is 1.59 bits per heavy atom. The Kier molecular flexibility index (Phi) is 6.40. The third kappa shape index (κ3) is 5.30. The van der Waals surface area contributed by atoms with E-state index in [2.05, 4.69) is 26.1 Å². The number of hydrogen-bond acceptors (Lipinski definition) is 6. The number of hydrogen-bond donors (Lipinski definition) is 6. The van der Waals surface area contributed by atoms with Gasteiger partial charge >= 0.3 is 0 Å². The third-order valence-corrected chi connectivity index (χ3v) is 4.93. The van der Waals surface area contributed by atoms with E-state index in [1.54, 1.807) is 48.5 Å². The standard InChI is InChI=1S/C24H21FN6O3/c25-16-5-3-15(4-6-16)24(34)29-18-9-7-17(8-10-18)28-23-20(21(26)33)22(30-31-23)27-13-14-1-11-19(32)12-2-14/h1-12,32H,13H2,(H2,26,33)(H,29,34)(H3,27,28,30,31). The second-order valence-corrected chi connectivity index (χ2v) is 7.37. The van der Waals surface area contributed by atoms with Gasteiger partial charge in [0.1, 0.15) is 22.9 Å². The lowest BCUT2D eigenvalue weighted by Gasteiger charge is -2.09. The third-order valence-electron chi connectivity index (χ3n) is 4.93. The predicted molar refractivity (Wildman–Crippen MR) is 127 cm³/mol. The van der Waals surface area contributed by atoms with Crippen LogP contribution in [0, 0.1) is 5.82 Å². The number of H-pyrrole nitrogens is 1. The van der Waals surface area contributed by atoms with Crippen molar-refractivity contribution in [1.82, 2.24) is 10.2 Å². The highest BCUT2D eigenvalue weighted by Crippen LogP contribution is 2.26. The molecule has 0 bridgehead atoms. The van der Waals surface area contributed by atoms with Crippen LogP contribution >= 0.6 is 0 Å². The van der Waals surface area contributed by atoms with Gasteiger partial charge in [0.25, 0.3) is 11.8 Å². The lowest BCUT2D eigenvalue weighted by Crippen LogP contribution is -2.15. The summed E-state index contributed by atoms with van der Waals surface area (Å²) in [5.41, 5.74) is 8.08. The molecule has 0 atom stereocenters. The number of rotatable bonds is 8. The number of carbonyl (C=O) groups excluding carboxylic acids is 2. The van der Waals surface area contributed by atoms with Gasteiger partial charge < -0.3 is 26.8 Å². The van der Waals surface area contributed by atoms with Crippen LogP contribution in [0.3, 0.4) is 0 Å². The van der Waals surface area contributed by atoms with Crippen molar-refractivity contribution in [3.63, 3.8) is 0 Å². The maximum Gasteiger partial charge on any atom is 0.256 e. The van der Waals surface area contributed by atoms with Crippen LogP contribution in [-0.2, 0) is 6.54 Å². The fourth-order valence-electron chi connectivity index (χ4n) is 3.18. The van der Waals surface area contributed by atoms with Crippen LogP contribution < -0.4 is 21.7 Å². The molecule has 0 aliphatic carbocycles. The Bertz CT molecular complexity index is 1300. The fraction of sp³-hybridized carbons (Fsp3) is 0.0417. The molecule has 0 aliphatic rings. The number of phenols is 1. The number of amides is 2. The minimum atomic E-state index is -0.673. The molecule has 4 aromatic rings. The largest absolute Gasteiger partial charge is 0.508 e. The molecule has 0 aliphatic heterocycles. The summed E-state index contributed by atoms with van der Waals surface area (Å²) in [6.07, 6.45) is 0. The number of nitrogens with one attached hydrogen (secondary N) is 4. The van der Waals surface area contributed by atoms with Crippen LogP contribution in [0.1, 0.15) is 26.3 Å². The van der Waals surface area contributed by atoms with Crippen LogP contribution in [0.5, 0.6) is 5.75 Å². The summed E-state index contributed by atoms with van der Waals surface area (Å²) in [5.74, 6) is -0.703. The van der Waals surface area contributed by atoms with E-state index in [0.717, 1.165) is 5.56 Å². The molecule has 4 rings (SSSR count). The molecule has 172 valence electrons. The molecule has 1 heterocycles. The molecule has 0 fully saturated rings. The normalized spacial score (nSPS) is 10.5. The summed E-state index contributed by atoms with van der Waals surface area (Å²) < 4.78 is 13.0. The van der Waals surface area contributed by atoms with Crippen LogP contribution in [0.2, 0.25) is 0 Å². The Labute approximate surface area is 193 Å². The zero-order chi connectivity index (χ0) is 24.1. The van der Waals surface area contributed by atoms with Crippen molar-refractivity contribution in [3.05, 3.63) is 95.3 Å². The Hall–Kier alpha value is -4.86. The number of benzene rings is 3. The summed E-state index contributed by atoms with van der Waals surface area (Å²) >= 11 is 0. The molecular formula is C24H21FN6O3. The van der Waals surface area contributed by atoms with Gasteiger partial charge in [0.15, 0.2) is 5.82 Å². The predicted octanol–water partition coefficient (Wildman–Crippen LogP) is 3.96. The number of carbonyl (C=O) groups is 2. The Morgan fingerprint density at radius 3 is 2.24 bits per heavy atom. The zero-order valence-electron chi connectivity index (χ0n) is 17.8. The van der Waals surface area contributed by atoms with Crippen molar-refractivity contribution in [3.8, 4) is 5.75 Å². The number of aromatic amines is 1. The maximum absolute atomic E-state index is 13.0. The number of nitrogens with two attached hydrogens (primary N) is 1. The highest BCUT2D eigenvalue weighted by Gasteiger charge is 2.18. The second kappa shape index (κ2) is 9.74. The summed E-state index contributed by atoms with van der Waals surface area (Å²) in [6, 6.07) is 18.6. The van der Waals surface area contributed by atoms with E-state index in [9.17, 15) is 19.1 Å². The molecule has 7 N–H and O–H groups in total. The number of aromatic nitrogens is 2. The molecule has 0 radical (unpaired) electrons. The van der Waals surface area contributed by atoms with Gasteiger partial charge in [0.05, 0.1) is 0 Å². The van der Waals surface area contributed by atoms with Crippen molar-refractivity contribution in [2.45, 2.75) is 6.54 Å². The first kappa shape index (κ1) is 22.3. The SMILES string of the molecule is NC(=O)c1c(Nc2ccc(NC(=O)c3ccc(F)cc3)cc2)n[nH]c1NCc1ccc(O)cc1.